The molecule has 102 valence electrons. The van der Waals surface area contributed by atoms with E-state index in [1.807, 2.05) is 18.2 Å². The van der Waals surface area contributed by atoms with Gasteiger partial charge < -0.3 is 0 Å². The third kappa shape index (κ3) is 3.70. The summed E-state index contributed by atoms with van der Waals surface area (Å²) in [6.07, 6.45) is 0. The van der Waals surface area contributed by atoms with E-state index in [2.05, 4.69) is 60.6 Å². The van der Waals surface area contributed by atoms with E-state index in [1.165, 1.54) is 38.9 Å². The van der Waals surface area contributed by atoms with Gasteiger partial charge in [-0.2, -0.15) is 0 Å². The molecule has 0 nitrogen and oxygen atoms in total. The predicted molar refractivity (Wildman–Crippen MR) is 86.0 cm³/mol. The van der Waals surface area contributed by atoms with Gasteiger partial charge in [0.25, 0.3) is 0 Å². The van der Waals surface area contributed by atoms with Crippen molar-refractivity contribution in [1.82, 2.24) is 0 Å². The molecule has 2 aromatic carbocycles. The number of hydrogen-bond acceptors (Lipinski definition) is 0. The van der Waals surface area contributed by atoms with Crippen molar-refractivity contribution >= 4 is 0 Å². The van der Waals surface area contributed by atoms with E-state index in [0.29, 0.717) is 0 Å². The number of benzene rings is 2. The Morgan fingerprint density at radius 2 is 0.684 bits per heavy atom. The van der Waals surface area contributed by atoms with Crippen LogP contribution < -0.4 is 0 Å². The zero-order valence-corrected chi connectivity index (χ0v) is 13.4. The maximum absolute atomic E-state index is 2.21. The molecule has 0 N–H and O–H groups in total. The summed E-state index contributed by atoms with van der Waals surface area (Å²) in [6.45, 7) is 15.4. The van der Waals surface area contributed by atoms with Crippen LogP contribution in [0.25, 0.3) is 0 Å². The van der Waals surface area contributed by atoms with Crippen molar-refractivity contribution in [3.05, 3.63) is 69.3 Å². The van der Waals surface area contributed by atoms with Crippen molar-refractivity contribution in [3.8, 4) is 0 Å². The highest BCUT2D eigenvalue weighted by atomic mass is 14.1. The van der Waals surface area contributed by atoms with E-state index in [0.717, 1.165) is 0 Å². The lowest BCUT2D eigenvalue weighted by atomic mass is 9.90. The standard InChI is InChI=1S/C12H18.C7H8/c1-7-8(2)10(4)12(6)11(5)9(7)3;1-7-5-3-2-4-6-7/h1-6H3;2-6H,1H3. The molecule has 0 aliphatic rings. The Hall–Kier alpha value is -1.56. The number of rotatable bonds is 0. The summed E-state index contributed by atoms with van der Waals surface area (Å²) in [4.78, 5) is 0. The molecule has 0 spiro atoms. The molecule has 0 fully saturated rings. The minimum Gasteiger partial charge on any atom is -0.0622 e. The molecule has 0 saturated carbocycles. The largest absolute Gasteiger partial charge is 0.0622 e. The lowest BCUT2D eigenvalue weighted by molar-refractivity contribution is 1.13. The molecule has 2 aromatic rings. The minimum absolute atomic E-state index is 1.32. The van der Waals surface area contributed by atoms with Crippen molar-refractivity contribution in [2.24, 2.45) is 0 Å². The molecule has 0 heteroatoms. The van der Waals surface area contributed by atoms with Gasteiger partial charge in [0, 0.05) is 0 Å². The third-order valence-electron chi connectivity index (χ3n) is 4.32. The van der Waals surface area contributed by atoms with E-state index >= 15 is 0 Å². The molecular formula is C19H26. The first-order valence-electron chi connectivity index (χ1n) is 6.91. The van der Waals surface area contributed by atoms with Crippen LogP contribution in [0.4, 0.5) is 0 Å². The molecule has 0 radical (unpaired) electrons. The lowest BCUT2D eigenvalue weighted by Crippen LogP contribution is -1.98. The topological polar surface area (TPSA) is 0 Å². The van der Waals surface area contributed by atoms with E-state index in [1.54, 1.807) is 0 Å². The van der Waals surface area contributed by atoms with Gasteiger partial charge in [-0.1, -0.05) is 35.9 Å². The summed E-state index contributed by atoms with van der Waals surface area (Å²) in [5.41, 5.74) is 10.0. The van der Waals surface area contributed by atoms with Gasteiger partial charge in [0.1, 0.15) is 0 Å². The maximum Gasteiger partial charge on any atom is -0.0392 e. The second-order valence-corrected chi connectivity index (χ2v) is 5.40. The summed E-state index contributed by atoms with van der Waals surface area (Å²) in [5, 5.41) is 0. The van der Waals surface area contributed by atoms with Gasteiger partial charge in [-0.15, -0.1) is 0 Å². The fourth-order valence-electron chi connectivity index (χ4n) is 2.22. The number of aryl methyl sites for hydroxylation is 1. The van der Waals surface area contributed by atoms with Crippen molar-refractivity contribution in [2.75, 3.05) is 0 Å². The molecule has 0 amide bonds. The first-order chi connectivity index (χ1) is 8.86. The van der Waals surface area contributed by atoms with E-state index in [4.69, 9.17) is 0 Å². The van der Waals surface area contributed by atoms with Gasteiger partial charge in [-0.3, -0.25) is 0 Å². The van der Waals surface area contributed by atoms with Crippen LogP contribution in [0.2, 0.25) is 0 Å². The van der Waals surface area contributed by atoms with Crippen molar-refractivity contribution in [3.63, 3.8) is 0 Å². The zero-order chi connectivity index (χ0) is 14.6. The Balaban J connectivity index is 0.000000218. The zero-order valence-electron chi connectivity index (χ0n) is 13.4. The molecule has 19 heavy (non-hydrogen) atoms. The van der Waals surface area contributed by atoms with Crippen LogP contribution in [-0.2, 0) is 0 Å². The second kappa shape index (κ2) is 6.56. The first-order valence-corrected chi connectivity index (χ1v) is 6.91. The maximum atomic E-state index is 2.21. The lowest BCUT2D eigenvalue weighted by Gasteiger charge is -2.15. The van der Waals surface area contributed by atoms with E-state index in [-0.39, 0.29) is 0 Å². The Labute approximate surface area is 118 Å². The van der Waals surface area contributed by atoms with Crippen molar-refractivity contribution in [2.45, 2.75) is 48.5 Å². The SMILES string of the molecule is Cc1c(C)c(C)c(C)c(C)c1C.Cc1ccccc1. The van der Waals surface area contributed by atoms with Crippen LogP contribution in [0.5, 0.6) is 0 Å². The molecule has 0 aliphatic carbocycles. The summed E-state index contributed by atoms with van der Waals surface area (Å²) in [5.74, 6) is 0. The molecule has 0 unspecified atom stereocenters. The van der Waals surface area contributed by atoms with Gasteiger partial charge in [0.05, 0.1) is 0 Å². The molecule has 0 aromatic heterocycles. The van der Waals surface area contributed by atoms with Gasteiger partial charge >= 0.3 is 0 Å². The normalized spacial score (nSPS) is 9.84. The highest BCUT2D eigenvalue weighted by Gasteiger charge is 2.07. The smallest absolute Gasteiger partial charge is 0.0392 e. The Morgan fingerprint density at radius 1 is 0.421 bits per heavy atom. The fourth-order valence-corrected chi connectivity index (χ4v) is 2.22. The van der Waals surface area contributed by atoms with E-state index in [9.17, 15) is 0 Å². The highest BCUT2D eigenvalue weighted by molar-refractivity contribution is 5.48. The third-order valence-corrected chi connectivity index (χ3v) is 4.32. The summed E-state index contributed by atoms with van der Waals surface area (Å²) in [6, 6.07) is 10.3. The first kappa shape index (κ1) is 15.5. The van der Waals surface area contributed by atoms with Crippen LogP contribution in [0, 0.1) is 48.5 Å². The minimum atomic E-state index is 1.32. The summed E-state index contributed by atoms with van der Waals surface area (Å²) < 4.78 is 0. The average molecular weight is 254 g/mol. The molecule has 0 saturated heterocycles. The highest BCUT2D eigenvalue weighted by Crippen LogP contribution is 2.24. The van der Waals surface area contributed by atoms with Crippen LogP contribution >= 0.6 is 0 Å². The van der Waals surface area contributed by atoms with Crippen LogP contribution in [0.3, 0.4) is 0 Å². The predicted octanol–water partition coefficient (Wildman–Crippen LogP) is 5.53. The molecule has 2 rings (SSSR count). The quantitative estimate of drug-likeness (QED) is 0.579. The van der Waals surface area contributed by atoms with Gasteiger partial charge in [-0.25, -0.2) is 0 Å². The summed E-state index contributed by atoms with van der Waals surface area (Å²) >= 11 is 0. The number of hydrogen-bond donors (Lipinski definition) is 0. The van der Waals surface area contributed by atoms with Gasteiger partial charge in [0.2, 0.25) is 0 Å². The Bertz CT molecular complexity index is 443. The summed E-state index contributed by atoms with van der Waals surface area (Å²) in [7, 11) is 0. The van der Waals surface area contributed by atoms with Crippen LogP contribution in [0.15, 0.2) is 30.3 Å². The molecular weight excluding hydrogens is 228 g/mol. The molecule has 0 atom stereocenters. The van der Waals surface area contributed by atoms with E-state index < -0.39 is 0 Å². The fraction of sp³-hybridized carbons (Fsp3) is 0.368. The molecule has 0 aliphatic heterocycles. The van der Waals surface area contributed by atoms with Crippen LogP contribution in [0.1, 0.15) is 38.9 Å². The second-order valence-electron chi connectivity index (χ2n) is 5.40. The Kier molecular flexibility index (Phi) is 5.35. The van der Waals surface area contributed by atoms with Gasteiger partial charge in [0.15, 0.2) is 0 Å². The molecule has 0 heterocycles. The molecule has 0 bridgehead atoms. The monoisotopic (exact) mass is 254 g/mol. The van der Waals surface area contributed by atoms with Crippen LogP contribution in [-0.4, -0.2) is 0 Å². The van der Waals surface area contributed by atoms with Crippen molar-refractivity contribution in [1.29, 1.82) is 0 Å². The van der Waals surface area contributed by atoms with Gasteiger partial charge in [-0.05, 0) is 81.8 Å². The van der Waals surface area contributed by atoms with Crippen molar-refractivity contribution < 1.29 is 0 Å². The Morgan fingerprint density at radius 3 is 0.842 bits per heavy atom. The average Bonchev–Trinajstić information content (AvgIpc) is 2.42.